The Morgan fingerprint density at radius 3 is 2.84 bits per heavy atom. The molecule has 1 aliphatic carbocycles. The number of nitriles is 1. The number of rotatable bonds is 6. The maximum absolute atomic E-state index is 11.6. The first kappa shape index (κ1) is 13.8. The molecular weight excluding hydrogens is 238 g/mol. The van der Waals surface area contributed by atoms with Crippen molar-refractivity contribution in [3.63, 3.8) is 0 Å². The lowest BCUT2D eigenvalue weighted by atomic mass is 9.92. The summed E-state index contributed by atoms with van der Waals surface area (Å²) in [6.07, 6.45) is 2.95. The lowest BCUT2D eigenvalue weighted by Crippen LogP contribution is -2.14. The van der Waals surface area contributed by atoms with E-state index in [1.54, 1.807) is 0 Å². The van der Waals surface area contributed by atoms with Crippen molar-refractivity contribution in [2.24, 2.45) is 11.8 Å². The van der Waals surface area contributed by atoms with Crippen molar-refractivity contribution in [3.8, 4) is 6.07 Å². The summed E-state index contributed by atoms with van der Waals surface area (Å²) in [4.78, 5) is 11.6. The van der Waals surface area contributed by atoms with Crippen molar-refractivity contribution >= 4 is 5.78 Å². The van der Waals surface area contributed by atoms with Crippen LogP contribution in [0.25, 0.3) is 0 Å². The van der Waals surface area contributed by atoms with Gasteiger partial charge in [0.2, 0.25) is 0 Å². The van der Waals surface area contributed by atoms with E-state index < -0.39 is 0 Å². The van der Waals surface area contributed by atoms with Gasteiger partial charge in [0, 0.05) is 18.9 Å². The molecular formula is C16H19NO2. The second-order valence-corrected chi connectivity index (χ2v) is 5.03. The van der Waals surface area contributed by atoms with Gasteiger partial charge in [-0.3, -0.25) is 4.79 Å². The van der Waals surface area contributed by atoms with Crippen LogP contribution in [0.15, 0.2) is 30.3 Å². The Bertz CT molecular complexity index is 450. The van der Waals surface area contributed by atoms with E-state index in [4.69, 9.17) is 10.00 Å². The average molecular weight is 257 g/mol. The van der Waals surface area contributed by atoms with Crippen LogP contribution < -0.4 is 0 Å². The summed E-state index contributed by atoms with van der Waals surface area (Å²) in [5.41, 5.74) is 1.16. The third-order valence-corrected chi connectivity index (χ3v) is 3.68. The first-order chi connectivity index (χ1) is 9.31. The molecule has 0 amide bonds. The fourth-order valence-electron chi connectivity index (χ4n) is 2.59. The molecule has 0 radical (unpaired) electrons. The highest BCUT2D eigenvalue weighted by molar-refractivity contribution is 5.83. The highest BCUT2D eigenvalue weighted by Crippen LogP contribution is 2.31. The summed E-state index contributed by atoms with van der Waals surface area (Å²) in [6.45, 7) is 1.26. The summed E-state index contributed by atoms with van der Waals surface area (Å²) in [7, 11) is 0. The van der Waals surface area contributed by atoms with E-state index in [0.717, 1.165) is 24.8 Å². The van der Waals surface area contributed by atoms with Crippen LogP contribution in [-0.2, 0) is 16.1 Å². The molecule has 2 rings (SSSR count). The van der Waals surface area contributed by atoms with Crippen LogP contribution in [-0.4, -0.2) is 12.4 Å². The zero-order valence-electron chi connectivity index (χ0n) is 11.0. The number of nitrogens with zero attached hydrogens (tertiary/aromatic N) is 1. The Morgan fingerprint density at radius 1 is 1.32 bits per heavy atom. The molecule has 0 aliphatic heterocycles. The molecule has 19 heavy (non-hydrogen) atoms. The highest BCUT2D eigenvalue weighted by atomic mass is 16.5. The first-order valence-electron chi connectivity index (χ1n) is 6.85. The van der Waals surface area contributed by atoms with Gasteiger partial charge in [0.25, 0.3) is 0 Å². The molecule has 1 saturated carbocycles. The number of benzene rings is 1. The molecule has 100 valence electrons. The van der Waals surface area contributed by atoms with Crippen molar-refractivity contribution < 1.29 is 9.53 Å². The Morgan fingerprint density at radius 2 is 2.11 bits per heavy atom. The quantitative estimate of drug-likeness (QED) is 0.736. The molecule has 3 nitrogen and oxygen atoms in total. The molecule has 0 heterocycles. The molecule has 3 heteroatoms. The fourth-order valence-corrected chi connectivity index (χ4v) is 2.59. The summed E-state index contributed by atoms with van der Waals surface area (Å²) >= 11 is 0. The van der Waals surface area contributed by atoms with Crippen LogP contribution in [0.4, 0.5) is 0 Å². The van der Waals surface area contributed by atoms with E-state index in [9.17, 15) is 4.79 Å². The largest absolute Gasteiger partial charge is 0.377 e. The molecule has 1 fully saturated rings. The Hall–Kier alpha value is -1.66. The molecule has 0 aromatic heterocycles. The van der Waals surface area contributed by atoms with E-state index in [2.05, 4.69) is 6.07 Å². The molecule has 1 aliphatic rings. The van der Waals surface area contributed by atoms with Crippen LogP contribution in [0.3, 0.4) is 0 Å². The van der Waals surface area contributed by atoms with Gasteiger partial charge in [0.1, 0.15) is 5.78 Å². The van der Waals surface area contributed by atoms with Gasteiger partial charge in [-0.05, 0) is 24.8 Å². The van der Waals surface area contributed by atoms with Gasteiger partial charge in [-0.1, -0.05) is 30.3 Å². The predicted octanol–water partition coefficient (Wildman–Crippen LogP) is 3.10. The lowest BCUT2D eigenvalue weighted by Gasteiger charge is -2.11. The second-order valence-electron chi connectivity index (χ2n) is 5.03. The van der Waals surface area contributed by atoms with E-state index in [-0.39, 0.29) is 17.6 Å². The van der Waals surface area contributed by atoms with Crippen molar-refractivity contribution in [1.29, 1.82) is 5.26 Å². The van der Waals surface area contributed by atoms with Crippen LogP contribution in [0, 0.1) is 23.2 Å². The van der Waals surface area contributed by atoms with Crippen LogP contribution in [0.2, 0.25) is 0 Å². The molecule has 1 aromatic carbocycles. The maximum Gasteiger partial charge on any atom is 0.137 e. The minimum Gasteiger partial charge on any atom is -0.377 e. The van der Waals surface area contributed by atoms with Gasteiger partial charge in [0.05, 0.1) is 18.6 Å². The number of ketones is 1. The van der Waals surface area contributed by atoms with Gasteiger partial charge in [-0.15, -0.1) is 0 Å². The zero-order chi connectivity index (χ0) is 13.5. The Kier molecular flexibility index (Phi) is 5.11. The number of hydrogen-bond donors (Lipinski definition) is 0. The smallest absolute Gasteiger partial charge is 0.137 e. The van der Waals surface area contributed by atoms with Crippen LogP contribution in [0.1, 0.15) is 31.2 Å². The first-order valence-corrected chi connectivity index (χ1v) is 6.85. The standard InChI is InChI=1S/C16H19NO2/c17-11-14-8-9-16(18)15(14)7-4-10-19-12-13-5-2-1-3-6-13/h1-3,5-6,14-15H,4,7-10,12H2. The molecule has 0 spiro atoms. The molecule has 2 atom stereocenters. The summed E-state index contributed by atoms with van der Waals surface area (Å²) in [6, 6.07) is 12.3. The molecule has 0 N–H and O–H groups in total. The minimum atomic E-state index is -0.0679. The van der Waals surface area contributed by atoms with Gasteiger partial charge in [-0.25, -0.2) is 0 Å². The highest BCUT2D eigenvalue weighted by Gasteiger charge is 2.33. The molecule has 2 unspecified atom stereocenters. The summed E-state index contributed by atoms with van der Waals surface area (Å²) < 4.78 is 5.59. The van der Waals surface area contributed by atoms with E-state index in [1.807, 2.05) is 30.3 Å². The maximum atomic E-state index is 11.6. The number of Topliss-reactive ketones (excluding diaryl/α,β-unsaturated/α-hetero) is 1. The molecule has 0 saturated heterocycles. The average Bonchev–Trinajstić information content (AvgIpc) is 2.80. The van der Waals surface area contributed by atoms with Gasteiger partial charge >= 0.3 is 0 Å². The third kappa shape index (κ3) is 3.90. The molecule has 1 aromatic rings. The van der Waals surface area contributed by atoms with Crippen LogP contribution >= 0.6 is 0 Å². The minimum absolute atomic E-state index is 0.0506. The summed E-state index contributed by atoms with van der Waals surface area (Å²) in [5, 5.41) is 8.97. The van der Waals surface area contributed by atoms with E-state index >= 15 is 0 Å². The third-order valence-electron chi connectivity index (χ3n) is 3.68. The van der Waals surface area contributed by atoms with Crippen molar-refractivity contribution in [2.75, 3.05) is 6.61 Å². The van der Waals surface area contributed by atoms with Crippen LogP contribution in [0.5, 0.6) is 0 Å². The zero-order valence-corrected chi connectivity index (χ0v) is 11.0. The van der Waals surface area contributed by atoms with E-state index in [1.165, 1.54) is 0 Å². The van der Waals surface area contributed by atoms with Gasteiger partial charge in [-0.2, -0.15) is 5.26 Å². The SMILES string of the molecule is N#CC1CCC(=O)C1CCCOCc1ccccc1. The Labute approximate surface area is 114 Å². The Balaban J connectivity index is 1.64. The number of carbonyl (C=O) groups excluding carboxylic acids is 1. The van der Waals surface area contributed by atoms with Gasteiger partial charge in [0.15, 0.2) is 0 Å². The summed E-state index contributed by atoms with van der Waals surface area (Å²) in [5.74, 6) is 0.140. The van der Waals surface area contributed by atoms with Crippen molar-refractivity contribution in [3.05, 3.63) is 35.9 Å². The monoisotopic (exact) mass is 257 g/mol. The number of ether oxygens (including phenoxy) is 1. The number of carbonyl (C=O) groups is 1. The number of hydrogen-bond acceptors (Lipinski definition) is 3. The normalized spacial score (nSPS) is 22.4. The second kappa shape index (κ2) is 7.06. The van der Waals surface area contributed by atoms with Crippen molar-refractivity contribution in [1.82, 2.24) is 0 Å². The van der Waals surface area contributed by atoms with Crippen molar-refractivity contribution in [2.45, 2.75) is 32.3 Å². The fraction of sp³-hybridized carbons (Fsp3) is 0.500. The topological polar surface area (TPSA) is 50.1 Å². The lowest BCUT2D eigenvalue weighted by molar-refractivity contribution is -0.121. The predicted molar refractivity (Wildman–Crippen MR) is 72.2 cm³/mol. The molecule has 0 bridgehead atoms. The van der Waals surface area contributed by atoms with E-state index in [0.29, 0.717) is 19.6 Å². The van der Waals surface area contributed by atoms with Gasteiger partial charge < -0.3 is 4.74 Å².